The summed E-state index contributed by atoms with van der Waals surface area (Å²) in [6, 6.07) is 20.9. The first kappa shape index (κ1) is 18.7. The van der Waals surface area contributed by atoms with Crippen LogP contribution in [0.4, 0.5) is 5.69 Å². The predicted molar refractivity (Wildman–Crippen MR) is 116 cm³/mol. The molecule has 4 rings (SSSR count). The fraction of sp³-hybridized carbons (Fsp3) is 0.360. The van der Waals surface area contributed by atoms with E-state index in [-0.39, 0.29) is 0 Å². The first-order chi connectivity index (χ1) is 13.8. The zero-order valence-corrected chi connectivity index (χ0v) is 16.5. The van der Waals surface area contributed by atoms with Crippen molar-refractivity contribution in [1.29, 1.82) is 0 Å². The molecule has 0 unspecified atom stereocenters. The number of rotatable bonds is 6. The molecule has 0 aliphatic heterocycles. The summed E-state index contributed by atoms with van der Waals surface area (Å²) in [5.74, 6) is 1.55. The Kier molecular flexibility index (Phi) is 6.01. The third-order valence-electron chi connectivity index (χ3n) is 5.71. The number of aryl methyl sites for hydroxylation is 2. The van der Waals surface area contributed by atoms with Crippen LogP contribution in [0, 0.1) is 0 Å². The highest BCUT2D eigenvalue weighted by molar-refractivity contribution is 5.62. The Labute approximate surface area is 168 Å². The van der Waals surface area contributed by atoms with E-state index in [1.165, 1.54) is 43.4 Å². The Morgan fingerprint density at radius 2 is 1.57 bits per heavy atom. The molecule has 3 heteroatoms. The molecule has 0 spiro atoms. The smallest absolute Gasteiger partial charge is 0.132 e. The van der Waals surface area contributed by atoms with Crippen molar-refractivity contribution in [3.8, 4) is 11.3 Å². The molecule has 1 aliphatic rings. The number of hydrogen-bond acceptors (Lipinski definition) is 3. The summed E-state index contributed by atoms with van der Waals surface area (Å²) >= 11 is 0. The maximum atomic E-state index is 5.87. The Morgan fingerprint density at radius 3 is 2.32 bits per heavy atom. The van der Waals surface area contributed by atoms with Crippen LogP contribution in [-0.2, 0) is 12.8 Å². The molecule has 0 bridgehead atoms. The van der Waals surface area contributed by atoms with E-state index in [9.17, 15) is 0 Å². The number of anilines is 1. The lowest BCUT2D eigenvalue weighted by atomic mass is 9.88. The zero-order chi connectivity index (χ0) is 19.2. The van der Waals surface area contributed by atoms with E-state index in [4.69, 9.17) is 15.7 Å². The molecule has 3 aromatic rings. The van der Waals surface area contributed by atoms with E-state index in [0.29, 0.717) is 5.92 Å². The van der Waals surface area contributed by atoms with Crippen molar-refractivity contribution in [2.24, 2.45) is 0 Å². The van der Waals surface area contributed by atoms with E-state index < -0.39 is 0 Å². The van der Waals surface area contributed by atoms with Crippen molar-refractivity contribution in [1.82, 2.24) is 9.97 Å². The molecule has 144 valence electrons. The summed E-state index contributed by atoms with van der Waals surface area (Å²) in [6.45, 7) is 0. The minimum Gasteiger partial charge on any atom is -0.399 e. The van der Waals surface area contributed by atoms with Crippen molar-refractivity contribution in [2.45, 2.75) is 57.3 Å². The van der Waals surface area contributed by atoms with Gasteiger partial charge in [0.15, 0.2) is 0 Å². The molecule has 2 aromatic carbocycles. The number of nitrogens with zero attached hydrogens (tertiary/aromatic N) is 2. The molecule has 0 saturated heterocycles. The standard InChI is InChI=1S/C25H29N3/c26-22-16-14-20(15-17-22)24-18-23(13-7-10-19-8-3-1-4-9-19)27-25(28-24)21-11-5-2-6-12-21/h1,3-4,8-9,14-18,21H,2,5-7,10-13,26H2. The van der Waals surface area contributed by atoms with Gasteiger partial charge in [-0.1, -0.05) is 61.7 Å². The van der Waals surface area contributed by atoms with Crippen LogP contribution in [0.2, 0.25) is 0 Å². The Morgan fingerprint density at radius 1 is 0.821 bits per heavy atom. The summed E-state index contributed by atoms with van der Waals surface area (Å²) in [6.07, 6.45) is 9.54. The predicted octanol–water partition coefficient (Wildman–Crippen LogP) is 5.95. The molecular weight excluding hydrogens is 342 g/mol. The molecule has 0 atom stereocenters. The highest BCUT2D eigenvalue weighted by atomic mass is 14.9. The summed E-state index contributed by atoms with van der Waals surface area (Å²) in [4.78, 5) is 9.97. The minimum atomic E-state index is 0.510. The first-order valence-electron chi connectivity index (χ1n) is 10.6. The average Bonchev–Trinajstić information content (AvgIpc) is 2.75. The van der Waals surface area contributed by atoms with Crippen LogP contribution < -0.4 is 5.73 Å². The minimum absolute atomic E-state index is 0.510. The second-order valence-corrected chi connectivity index (χ2v) is 7.90. The molecule has 2 N–H and O–H groups in total. The van der Waals surface area contributed by atoms with Crippen LogP contribution in [-0.4, -0.2) is 9.97 Å². The van der Waals surface area contributed by atoms with Crippen LogP contribution in [0.3, 0.4) is 0 Å². The zero-order valence-electron chi connectivity index (χ0n) is 16.5. The van der Waals surface area contributed by atoms with Gasteiger partial charge < -0.3 is 5.73 Å². The first-order valence-corrected chi connectivity index (χ1v) is 10.6. The molecular formula is C25H29N3. The quantitative estimate of drug-likeness (QED) is 0.545. The van der Waals surface area contributed by atoms with Crippen LogP contribution in [0.5, 0.6) is 0 Å². The second-order valence-electron chi connectivity index (χ2n) is 7.90. The van der Waals surface area contributed by atoms with Gasteiger partial charge >= 0.3 is 0 Å². The van der Waals surface area contributed by atoms with Crippen molar-refractivity contribution >= 4 is 5.69 Å². The summed E-state index contributed by atoms with van der Waals surface area (Å²) in [7, 11) is 0. The maximum absolute atomic E-state index is 5.87. The highest BCUT2D eigenvalue weighted by Gasteiger charge is 2.19. The van der Waals surface area contributed by atoms with Crippen molar-refractivity contribution in [3.63, 3.8) is 0 Å². The fourth-order valence-corrected chi connectivity index (χ4v) is 4.11. The van der Waals surface area contributed by atoms with E-state index in [0.717, 1.165) is 42.0 Å². The highest BCUT2D eigenvalue weighted by Crippen LogP contribution is 2.32. The largest absolute Gasteiger partial charge is 0.399 e. The average molecular weight is 372 g/mol. The third kappa shape index (κ3) is 4.78. The van der Waals surface area contributed by atoms with Crippen LogP contribution >= 0.6 is 0 Å². The van der Waals surface area contributed by atoms with Crippen LogP contribution in [0.1, 0.15) is 61.5 Å². The van der Waals surface area contributed by atoms with E-state index in [1.54, 1.807) is 0 Å². The number of nitrogens with two attached hydrogens (primary N) is 1. The molecule has 1 aromatic heterocycles. The second kappa shape index (κ2) is 9.01. The number of hydrogen-bond donors (Lipinski definition) is 1. The molecule has 3 nitrogen and oxygen atoms in total. The van der Waals surface area contributed by atoms with Gasteiger partial charge in [-0.3, -0.25) is 0 Å². The van der Waals surface area contributed by atoms with Gasteiger partial charge in [-0.25, -0.2) is 9.97 Å². The SMILES string of the molecule is Nc1ccc(-c2cc(CCCc3ccccc3)nc(C3CCCCC3)n2)cc1. The van der Waals surface area contributed by atoms with Crippen molar-refractivity contribution < 1.29 is 0 Å². The van der Waals surface area contributed by atoms with Gasteiger partial charge in [0.1, 0.15) is 5.82 Å². The summed E-state index contributed by atoms with van der Waals surface area (Å²) in [5.41, 5.74) is 11.4. The van der Waals surface area contributed by atoms with Gasteiger partial charge in [0.25, 0.3) is 0 Å². The number of nitrogen functional groups attached to an aromatic ring is 1. The molecule has 0 amide bonds. The molecule has 0 radical (unpaired) electrons. The molecule has 1 heterocycles. The maximum Gasteiger partial charge on any atom is 0.132 e. The molecule has 1 fully saturated rings. The summed E-state index contributed by atoms with van der Waals surface area (Å²) in [5, 5.41) is 0. The van der Waals surface area contributed by atoms with E-state index >= 15 is 0 Å². The van der Waals surface area contributed by atoms with Gasteiger partial charge in [-0.15, -0.1) is 0 Å². The lowest BCUT2D eigenvalue weighted by Crippen LogP contribution is -2.11. The van der Waals surface area contributed by atoms with E-state index in [2.05, 4.69) is 48.5 Å². The monoisotopic (exact) mass is 371 g/mol. The Bertz CT molecular complexity index is 881. The lowest BCUT2D eigenvalue weighted by molar-refractivity contribution is 0.428. The Hall–Kier alpha value is -2.68. The molecule has 1 saturated carbocycles. The topological polar surface area (TPSA) is 51.8 Å². The molecule has 1 aliphatic carbocycles. The summed E-state index contributed by atoms with van der Waals surface area (Å²) < 4.78 is 0. The van der Waals surface area contributed by atoms with E-state index in [1.807, 2.05) is 12.1 Å². The van der Waals surface area contributed by atoms with Gasteiger partial charge in [-0.05, 0) is 55.9 Å². The van der Waals surface area contributed by atoms with Gasteiger partial charge in [0, 0.05) is 22.9 Å². The van der Waals surface area contributed by atoms with Gasteiger partial charge in [0.05, 0.1) is 5.69 Å². The fourth-order valence-electron chi connectivity index (χ4n) is 4.11. The Balaban J connectivity index is 1.56. The van der Waals surface area contributed by atoms with Crippen molar-refractivity contribution in [2.75, 3.05) is 5.73 Å². The number of aromatic nitrogens is 2. The van der Waals surface area contributed by atoms with Crippen LogP contribution in [0.15, 0.2) is 60.7 Å². The third-order valence-corrected chi connectivity index (χ3v) is 5.71. The van der Waals surface area contributed by atoms with Crippen molar-refractivity contribution in [3.05, 3.63) is 77.7 Å². The lowest BCUT2D eigenvalue weighted by Gasteiger charge is -2.21. The van der Waals surface area contributed by atoms with Crippen LogP contribution in [0.25, 0.3) is 11.3 Å². The van der Waals surface area contributed by atoms with Gasteiger partial charge in [0.2, 0.25) is 0 Å². The number of benzene rings is 2. The normalized spacial score (nSPS) is 14.9. The molecule has 28 heavy (non-hydrogen) atoms. The van der Waals surface area contributed by atoms with Gasteiger partial charge in [-0.2, -0.15) is 0 Å².